The van der Waals surface area contributed by atoms with E-state index in [-0.39, 0.29) is 29.2 Å². The summed E-state index contributed by atoms with van der Waals surface area (Å²) in [5.74, 6) is 2.41. The van der Waals surface area contributed by atoms with Crippen molar-refractivity contribution in [2.75, 3.05) is 13.7 Å². The molecule has 4 saturated carbocycles. The first-order chi connectivity index (χ1) is 13.3. The molecule has 0 aliphatic heterocycles. The highest BCUT2D eigenvalue weighted by Crippen LogP contribution is 2.68. The SMILES string of the molecule is COC[C@]12CCCCC1CC[C@@H]1[C@@H]2CC[C@]2(C)[C@@H](C(C)=O)CC(OC(C)=O)[C@@H]12. The molecule has 0 radical (unpaired) electrons. The van der Waals surface area contributed by atoms with Gasteiger partial charge in [-0.15, -0.1) is 0 Å². The molecule has 4 aliphatic rings. The van der Waals surface area contributed by atoms with Crippen molar-refractivity contribution < 1.29 is 19.1 Å². The Kier molecular flexibility index (Phi) is 5.39. The fourth-order valence-electron chi connectivity index (χ4n) is 8.62. The Labute approximate surface area is 170 Å². The standard InChI is InChI=1S/C24H38O4/c1-15(25)20-13-21(28-16(2)26)22-18-9-8-17-7-5-6-11-24(17,14-27-4)19(18)10-12-23(20,22)3/h17-22H,5-14H2,1-4H3/t17?,18-,19+,20-,21?,22-,23-,24-/m1/s1. The third-order valence-electron chi connectivity index (χ3n) is 9.46. The van der Waals surface area contributed by atoms with E-state index in [0.29, 0.717) is 23.2 Å². The average molecular weight is 391 g/mol. The Hall–Kier alpha value is -0.900. The number of methoxy groups -OCH3 is 1. The van der Waals surface area contributed by atoms with Gasteiger partial charge in [-0.25, -0.2) is 0 Å². The lowest BCUT2D eigenvalue weighted by Crippen LogP contribution is -2.57. The van der Waals surface area contributed by atoms with E-state index >= 15 is 0 Å². The molecule has 4 rings (SSSR count). The van der Waals surface area contributed by atoms with Crippen LogP contribution in [0.15, 0.2) is 0 Å². The second-order valence-electron chi connectivity index (χ2n) is 10.6. The van der Waals surface area contributed by atoms with Crippen LogP contribution in [0.3, 0.4) is 0 Å². The van der Waals surface area contributed by atoms with Crippen LogP contribution in [-0.4, -0.2) is 31.6 Å². The zero-order valence-corrected chi connectivity index (χ0v) is 18.2. The van der Waals surface area contributed by atoms with Crippen LogP contribution in [-0.2, 0) is 19.1 Å². The first-order valence-electron chi connectivity index (χ1n) is 11.5. The third kappa shape index (κ3) is 2.97. The summed E-state index contributed by atoms with van der Waals surface area (Å²) >= 11 is 0. The second kappa shape index (κ2) is 7.41. The molecular weight excluding hydrogens is 352 g/mol. The number of ether oxygens (including phenoxy) is 2. The highest BCUT2D eigenvalue weighted by molar-refractivity contribution is 5.80. The molecular formula is C24H38O4. The number of rotatable bonds is 4. The van der Waals surface area contributed by atoms with Gasteiger partial charge in [-0.3, -0.25) is 9.59 Å². The lowest BCUT2D eigenvalue weighted by atomic mass is 9.44. The molecule has 28 heavy (non-hydrogen) atoms. The number of fused-ring (bicyclic) bond motifs is 5. The molecule has 4 fully saturated rings. The van der Waals surface area contributed by atoms with Crippen LogP contribution in [0.4, 0.5) is 0 Å². The topological polar surface area (TPSA) is 52.6 Å². The monoisotopic (exact) mass is 390 g/mol. The average Bonchev–Trinajstić information content (AvgIpc) is 2.93. The van der Waals surface area contributed by atoms with Crippen molar-refractivity contribution >= 4 is 11.8 Å². The molecule has 0 spiro atoms. The molecule has 8 atom stereocenters. The van der Waals surface area contributed by atoms with E-state index in [2.05, 4.69) is 6.92 Å². The van der Waals surface area contributed by atoms with Crippen molar-refractivity contribution in [1.82, 2.24) is 0 Å². The van der Waals surface area contributed by atoms with E-state index < -0.39 is 0 Å². The predicted octanol–water partition coefficient (Wildman–Crippen LogP) is 4.79. The van der Waals surface area contributed by atoms with Crippen molar-refractivity contribution in [1.29, 1.82) is 0 Å². The number of carbonyl (C=O) groups excluding carboxylic acids is 2. The highest BCUT2D eigenvalue weighted by atomic mass is 16.5. The molecule has 158 valence electrons. The molecule has 0 aromatic heterocycles. The second-order valence-corrected chi connectivity index (χ2v) is 10.6. The molecule has 4 aliphatic carbocycles. The molecule has 2 unspecified atom stereocenters. The van der Waals surface area contributed by atoms with Gasteiger partial charge in [-0.2, -0.15) is 0 Å². The molecule has 0 amide bonds. The van der Waals surface area contributed by atoms with Gasteiger partial charge < -0.3 is 9.47 Å². The van der Waals surface area contributed by atoms with Gasteiger partial charge in [0.15, 0.2) is 0 Å². The summed E-state index contributed by atoms with van der Waals surface area (Å²) in [6.07, 6.45) is 10.7. The minimum absolute atomic E-state index is 0.0249. The lowest BCUT2D eigenvalue weighted by molar-refractivity contribution is -0.171. The van der Waals surface area contributed by atoms with Crippen molar-refractivity contribution in [3.05, 3.63) is 0 Å². The van der Waals surface area contributed by atoms with Crippen LogP contribution in [0.25, 0.3) is 0 Å². The normalized spacial score (nSPS) is 47.6. The fourth-order valence-corrected chi connectivity index (χ4v) is 8.62. The maximum atomic E-state index is 12.5. The van der Waals surface area contributed by atoms with E-state index in [0.717, 1.165) is 25.4 Å². The summed E-state index contributed by atoms with van der Waals surface area (Å²) < 4.78 is 11.7. The number of esters is 1. The van der Waals surface area contributed by atoms with Crippen molar-refractivity contribution in [3.63, 3.8) is 0 Å². The zero-order chi connectivity index (χ0) is 20.1. The molecule has 0 bridgehead atoms. The number of hydrogen-bond acceptors (Lipinski definition) is 4. The van der Waals surface area contributed by atoms with Gasteiger partial charge in [0.25, 0.3) is 0 Å². The molecule has 0 aromatic rings. The molecule has 4 nitrogen and oxygen atoms in total. The lowest BCUT2D eigenvalue weighted by Gasteiger charge is -2.61. The molecule has 0 heterocycles. The summed E-state index contributed by atoms with van der Waals surface area (Å²) in [4.78, 5) is 24.4. The number of Topliss-reactive ketones (excluding diaryl/α,β-unsaturated/α-hetero) is 1. The molecule has 0 aromatic carbocycles. The summed E-state index contributed by atoms with van der Waals surface area (Å²) in [6, 6.07) is 0. The van der Waals surface area contributed by atoms with E-state index in [4.69, 9.17) is 9.47 Å². The summed E-state index contributed by atoms with van der Waals surface area (Å²) in [6.45, 7) is 6.44. The maximum Gasteiger partial charge on any atom is 0.302 e. The van der Waals surface area contributed by atoms with Gasteiger partial charge in [0.05, 0.1) is 6.61 Å². The Bertz CT molecular complexity index is 626. The number of ketones is 1. The summed E-state index contributed by atoms with van der Waals surface area (Å²) in [5.41, 5.74) is 0.273. The third-order valence-corrected chi connectivity index (χ3v) is 9.46. The van der Waals surface area contributed by atoms with Gasteiger partial charge in [0, 0.05) is 25.9 Å². The molecule has 0 saturated heterocycles. The number of hydrogen-bond donors (Lipinski definition) is 0. The highest BCUT2D eigenvalue weighted by Gasteiger charge is 2.65. The summed E-state index contributed by atoms with van der Waals surface area (Å²) in [7, 11) is 1.86. The minimum atomic E-state index is -0.198. The first-order valence-corrected chi connectivity index (χ1v) is 11.5. The van der Waals surface area contributed by atoms with E-state index in [1.165, 1.54) is 51.9 Å². The Morgan fingerprint density at radius 2 is 1.82 bits per heavy atom. The van der Waals surface area contributed by atoms with E-state index in [9.17, 15) is 9.59 Å². The predicted molar refractivity (Wildman–Crippen MR) is 108 cm³/mol. The van der Waals surface area contributed by atoms with Crippen LogP contribution in [0.5, 0.6) is 0 Å². The fraction of sp³-hybridized carbons (Fsp3) is 0.917. The van der Waals surface area contributed by atoms with Crippen LogP contribution in [0.1, 0.15) is 78.6 Å². The Morgan fingerprint density at radius 3 is 2.50 bits per heavy atom. The van der Waals surface area contributed by atoms with Gasteiger partial charge in [0.1, 0.15) is 11.9 Å². The first kappa shape index (κ1) is 20.4. The van der Waals surface area contributed by atoms with Crippen molar-refractivity contribution in [2.45, 2.75) is 84.7 Å². The quantitative estimate of drug-likeness (QED) is 0.648. The van der Waals surface area contributed by atoms with E-state index in [1.807, 2.05) is 7.11 Å². The minimum Gasteiger partial charge on any atom is -0.462 e. The maximum absolute atomic E-state index is 12.5. The number of carbonyl (C=O) groups is 2. The van der Waals surface area contributed by atoms with E-state index in [1.54, 1.807) is 6.92 Å². The van der Waals surface area contributed by atoms with Gasteiger partial charge in [0.2, 0.25) is 0 Å². The summed E-state index contributed by atoms with van der Waals surface area (Å²) in [5, 5.41) is 0. The van der Waals surface area contributed by atoms with Crippen LogP contribution in [0, 0.1) is 40.4 Å². The van der Waals surface area contributed by atoms with Crippen molar-refractivity contribution in [2.24, 2.45) is 40.4 Å². The van der Waals surface area contributed by atoms with Gasteiger partial charge >= 0.3 is 5.97 Å². The molecule has 0 N–H and O–H groups in total. The smallest absolute Gasteiger partial charge is 0.302 e. The largest absolute Gasteiger partial charge is 0.462 e. The van der Waals surface area contributed by atoms with Gasteiger partial charge in [-0.1, -0.05) is 19.8 Å². The van der Waals surface area contributed by atoms with Crippen LogP contribution >= 0.6 is 0 Å². The Balaban J connectivity index is 1.71. The van der Waals surface area contributed by atoms with Crippen LogP contribution < -0.4 is 0 Å². The molecule has 4 heteroatoms. The Morgan fingerprint density at radius 1 is 1.04 bits per heavy atom. The zero-order valence-electron chi connectivity index (χ0n) is 18.2. The van der Waals surface area contributed by atoms with Crippen molar-refractivity contribution in [3.8, 4) is 0 Å². The van der Waals surface area contributed by atoms with Gasteiger partial charge in [-0.05, 0) is 80.5 Å². The van der Waals surface area contributed by atoms with Crippen LogP contribution in [0.2, 0.25) is 0 Å².